The van der Waals surface area contributed by atoms with E-state index < -0.39 is 6.10 Å². The van der Waals surface area contributed by atoms with Gasteiger partial charge in [0.15, 0.2) is 5.76 Å². The highest BCUT2D eigenvalue weighted by Gasteiger charge is 2.17. The summed E-state index contributed by atoms with van der Waals surface area (Å²) in [6.07, 6.45) is -0.839. The van der Waals surface area contributed by atoms with E-state index in [0.29, 0.717) is 17.3 Å². The second-order valence-electron chi connectivity index (χ2n) is 3.77. The summed E-state index contributed by atoms with van der Waals surface area (Å²) in [6, 6.07) is 6.49. The maximum atomic E-state index is 9.62. The van der Waals surface area contributed by atoms with Crippen LogP contribution in [0.25, 0.3) is 11.5 Å². The minimum atomic E-state index is -0.839. The Morgan fingerprint density at radius 3 is 2.59 bits per heavy atom. The highest BCUT2D eigenvalue weighted by atomic mass is 16.4. The van der Waals surface area contributed by atoms with Crippen LogP contribution in [0.2, 0.25) is 0 Å². The minimum absolute atomic E-state index is 0.0883. The zero-order valence-electron chi connectivity index (χ0n) is 9.42. The lowest BCUT2D eigenvalue weighted by atomic mass is 10.2. The van der Waals surface area contributed by atoms with E-state index in [-0.39, 0.29) is 12.3 Å². The molecule has 0 aliphatic carbocycles. The monoisotopic (exact) mass is 234 g/mol. The van der Waals surface area contributed by atoms with Gasteiger partial charge in [-0.05, 0) is 31.2 Å². The van der Waals surface area contributed by atoms with Crippen LogP contribution < -0.4 is 5.73 Å². The van der Waals surface area contributed by atoms with Gasteiger partial charge in [0.25, 0.3) is 0 Å². The topological polar surface area (TPSA) is 92.5 Å². The molecule has 2 aromatic rings. The average Bonchev–Trinajstić information content (AvgIpc) is 2.71. The normalized spacial score (nSPS) is 12.6. The van der Waals surface area contributed by atoms with Gasteiger partial charge in [0.2, 0.25) is 5.89 Å². The van der Waals surface area contributed by atoms with Crippen molar-refractivity contribution in [2.75, 3.05) is 6.54 Å². The van der Waals surface area contributed by atoms with Crippen LogP contribution >= 0.6 is 0 Å². The second-order valence-corrected chi connectivity index (χ2v) is 3.77. The SMILES string of the molecule is Cc1nc(-c2ccc(O)cc2)oc1C(O)CN. The van der Waals surface area contributed by atoms with Gasteiger partial charge in [-0.3, -0.25) is 0 Å². The van der Waals surface area contributed by atoms with E-state index in [0.717, 1.165) is 5.56 Å². The van der Waals surface area contributed by atoms with Gasteiger partial charge >= 0.3 is 0 Å². The van der Waals surface area contributed by atoms with Crippen molar-refractivity contribution < 1.29 is 14.6 Å². The predicted octanol–water partition coefficient (Wildman–Crippen LogP) is 1.35. The van der Waals surface area contributed by atoms with Gasteiger partial charge in [-0.15, -0.1) is 0 Å². The summed E-state index contributed by atoms with van der Waals surface area (Å²) in [6.45, 7) is 1.84. The van der Waals surface area contributed by atoms with Gasteiger partial charge in [0.05, 0.1) is 5.69 Å². The molecule has 1 aromatic carbocycles. The lowest BCUT2D eigenvalue weighted by Gasteiger charge is -2.03. The number of phenolic OH excluding ortho intramolecular Hbond substituents is 1. The molecule has 0 saturated heterocycles. The lowest BCUT2D eigenvalue weighted by Crippen LogP contribution is -2.11. The molecule has 0 radical (unpaired) electrons. The first-order valence-corrected chi connectivity index (χ1v) is 5.26. The Morgan fingerprint density at radius 1 is 1.35 bits per heavy atom. The van der Waals surface area contributed by atoms with Crippen molar-refractivity contribution in [2.24, 2.45) is 5.73 Å². The number of nitrogens with zero attached hydrogens (tertiary/aromatic N) is 1. The number of aryl methyl sites for hydroxylation is 1. The summed E-state index contributed by atoms with van der Waals surface area (Å²) < 4.78 is 5.47. The number of aromatic nitrogens is 1. The van der Waals surface area contributed by atoms with Crippen molar-refractivity contribution in [1.29, 1.82) is 0 Å². The van der Waals surface area contributed by atoms with Crippen molar-refractivity contribution in [3.05, 3.63) is 35.7 Å². The molecule has 1 aromatic heterocycles. The molecular weight excluding hydrogens is 220 g/mol. The highest BCUT2D eigenvalue weighted by Crippen LogP contribution is 2.26. The van der Waals surface area contributed by atoms with Crippen LogP contribution in [0, 0.1) is 6.92 Å². The van der Waals surface area contributed by atoms with Crippen molar-refractivity contribution in [3.63, 3.8) is 0 Å². The third-order valence-electron chi connectivity index (χ3n) is 2.47. The number of rotatable bonds is 3. The summed E-state index contributed by atoms with van der Waals surface area (Å²) in [4.78, 5) is 4.22. The van der Waals surface area contributed by atoms with Crippen LogP contribution in [0.3, 0.4) is 0 Å². The molecule has 0 saturated carbocycles. The largest absolute Gasteiger partial charge is 0.508 e. The van der Waals surface area contributed by atoms with Crippen LogP contribution in [-0.4, -0.2) is 21.7 Å². The number of oxazole rings is 1. The summed E-state index contributed by atoms with van der Waals surface area (Å²) in [5, 5.41) is 18.8. The number of aliphatic hydroxyl groups is 1. The molecule has 0 fully saturated rings. The average molecular weight is 234 g/mol. The molecule has 5 heteroatoms. The van der Waals surface area contributed by atoms with Crippen LogP contribution in [0.1, 0.15) is 17.6 Å². The second kappa shape index (κ2) is 4.57. The third-order valence-corrected chi connectivity index (χ3v) is 2.47. The molecule has 1 unspecified atom stereocenters. The molecule has 17 heavy (non-hydrogen) atoms. The van der Waals surface area contributed by atoms with Crippen molar-refractivity contribution in [1.82, 2.24) is 4.98 Å². The van der Waals surface area contributed by atoms with E-state index in [1.807, 2.05) is 0 Å². The van der Waals surface area contributed by atoms with Crippen LogP contribution in [0.15, 0.2) is 28.7 Å². The zero-order chi connectivity index (χ0) is 12.4. The molecule has 0 aliphatic heterocycles. The number of hydrogen-bond acceptors (Lipinski definition) is 5. The summed E-state index contributed by atoms with van der Waals surface area (Å²) in [7, 11) is 0. The molecule has 1 atom stereocenters. The Bertz CT molecular complexity index is 505. The number of aliphatic hydroxyl groups excluding tert-OH is 1. The maximum absolute atomic E-state index is 9.62. The van der Waals surface area contributed by atoms with E-state index in [1.165, 1.54) is 0 Å². The molecule has 1 heterocycles. The van der Waals surface area contributed by atoms with Crippen LogP contribution in [-0.2, 0) is 0 Å². The maximum Gasteiger partial charge on any atom is 0.226 e. The van der Waals surface area contributed by atoms with Gasteiger partial charge in [0.1, 0.15) is 11.9 Å². The fourth-order valence-corrected chi connectivity index (χ4v) is 1.55. The number of nitrogens with two attached hydrogens (primary N) is 1. The van der Waals surface area contributed by atoms with Gasteiger partial charge < -0.3 is 20.4 Å². The predicted molar refractivity (Wildman–Crippen MR) is 62.4 cm³/mol. The quantitative estimate of drug-likeness (QED) is 0.745. The van der Waals surface area contributed by atoms with Gasteiger partial charge in [-0.25, -0.2) is 4.98 Å². The Morgan fingerprint density at radius 2 is 2.00 bits per heavy atom. The molecule has 2 rings (SSSR count). The lowest BCUT2D eigenvalue weighted by molar-refractivity contribution is 0.158. The first kappa shape index (κ1) is 11.6. The fraction of sp³-hybridized carbons (Fsp3) is 0.250. The molecule has 0 amide bonds. The fourth-order valence-electron chi connectivity index (χ4n) is 1.55. The van der Waals surface area contributed by atoms with E-state index in [4.69, 9.17) is 10.2 Å². The number of benzene rings is 1. The van der Waals surface area contributed by atoms with Gasteiger partial charge in [-0.2, -0.15) is 0 Å². The van der Waals surface area contributed by atoms with Gasteiger partial charge in [-0.1, -0.05) is 0 Å². The number of phenols is 1. The molecule has 0 bridgehead atoms. The Labute approximate surface area is 98.5 Å². The first-order valence-electron chi connectivity index (χ1n) is 5.26. The Balaban J connectivity index is 2.37. The Kier molecular flexibility index (Phi) is 3.12. The molecule has 5 nitrogen and oxygen atoms in total. The molecule has 0 aliphatic rings. The van der Waals surface area contributed by atoms with Crippen LogP contribution in [0.5, 0.6) is 5.75 Å². The standard InChI is InChI=1S/C12H14N2O3/c1-7-11(10(16)6-13)17-12(14-7)8-2-4-9(15)5-3-8/h2-5,10,15-16H,6,13H2,1H3. The molecule has 4 N–H and O–H groups in total. The minimum Gasteiger partial charge on any atom is -0.508 e. The molecular formula is C12H14N2O3. The van der Waals surface area contributed by atoms with E-state index in [2.05, 4.69) is 4.98 Å². The van der Waals surface area contributed by atoms with E-state index in [1.54, 1.807) is 31.2 Å². The van der Waals surface area contributed by atoms with Gasteiger partial charge in [0, 0.05) is 12.1 Å². The third kappa shape index (κ3) is 2.30. The summed E-state index contributed by atoms with van der Waals surface area (Å²) >= 11 is 0. The number of hydrogen-bond donors (Lipinski definition) is 3. The molecule has 90 valence electrons. The van der Waals surface area contributed by atoms with E-state index >= 15 is 0 Å². The Hall–Kier alpha value is -1.85. The smallest absolute Gasteiger partial charge is 0.226 e. The summed E-state index contributed by atoms with van der Waals surface area (Å²) in [5.74, 6) is 0.972. The van der Waals surface area contributed by atoms with Crippen molar-refractivity contribution >= 4 is 0 Å². The molecule has 0 spiro atoms. The summed E-state index contributed by atoms with van der Waals surface area (Å²) in [5.41, 5.74) is 6.72. The van der Waals surface area contributed by atoms with Crippen molar-refractivity contribution in [2.45, 2.75) is 13.0 Å². The van der Waals surface area contributed by atoms with Crippen molar-refractivity contribution in [3.8, 4) is 17.2 Å². The number of aromatic hydroxyl groups is 1. The first-order chi connectivity index (χ1) is 8.11. The van der Waals surface area contributed by atoms with Crippen LogP contribution in [0.4, 0.5) is 0 Å². The van der Waals surface area contributed by atoms with E-state index in [9.17, 15) is 10.2 Å². The highest BCUT2D eigenvalue weighted by molar-refractivity contribution is 5.55. The zero-order valence-corrected chi connectivity index (χ0v) is 9.42.